The number of ether oxygens (including phenoxy) is 1. The number of hydrogen-bond donors (Lipinski definition) is 6. The molecule has 0 aliphatic carbocycles. The van der Waals surface area contributed by atoms with E-state index in [2.05, 4.69) is 5.32 Å². The van der Waals surface area contributed by atoms with Gasteiger partial charge in [0, 0.05) is 0 Å². The van der Waals surface area contributed by atoms with Gasteiger partial charge in [-0.3, -0.25) is 4.79 Å². The van der Waals surface area contributed by atoms with Crippen LogP contribution in [0.5, 0.6) is 0 Å². The van der Waals surface area contributed by atoms with Crippen molar-refractivity contribution in [1.29, 1.82) is 0 Å². The second-order valence-corrected chi connectivity index (χ2v) is 5.02. The monoisotopic (exact) mass is 277 g/mol. The van der Waals surface area contributed by atoms with E-state index in [-0.39, 0.29) is 0 Å². The molecule has 0 bridgehead atoms. The molecule has 2 heterocycles. The van der Waals surface area contributed by atoms with E-state index in [0.29, 0.717) is 13.0 Å². The number of carbonyl (C=O) groups excluding carboxylic acids is 1. The van der Waals surface area contributed by atoms with E-state index >= 15 is 0 Å². The van der Waals surface area contributed by atoms with Crippen LogP contribution in [0.3, 0.4) is 0 Å². The minimum absolute atomic E-state index is 0.489. The second-order valence-electron chi connectivity index (χ2n) is 5.02. The Bertz CT molecular complexity index is 346. The van der Waals surface area contributed by atoms with Gasteiger partial charge in [0.1, 0.15) is 18.3 Å². The largest absolute Gasteiger partial charge is 0.388 e. The van der Waals surface area contributed by atoms with Crippen molar-refractivity contribution in [3.8, 4) is 0 Å². The van der Waals surface area contributed by atoms with Gasteiger partial charge in [-0.25, -0.2) is 0 Å². The third-order valence-electron chi connectivity index (χ3n) is 3.69. The zero-order chi connectivity index (χ0) is 14.2. The first kappa shape index (κ1) is 14.8. The number of rotatable bonds is 3. The smallest absolute Gasteiger partial charge is 0.229 e. The van der Waals surface area contributed by atoms with Crippen molar-refractivity contribution in [2.45, 2.75) is 49.1 Å². The van der Waals surface area contributed by atoms with Crippen LogP contribution in [-0.2, 0) is 9.53 Å². The van der Waals surface area contributed by atoms with Crippen molar-refractivity contribution in [2.24, 2.45) is 0 Å². The molecule has 0 aromatic carbocycles. The number of Topliss-reactive ketones (excluding diaryl/α,β-unsaturated/α-hetero) is 1. The molecule has 6 atom stereocenters. The van der Waals surface area contributed by atoms with Crippen LogP contribution in [0.4, 0.5) is 0 Å². The Morgan fingerprint density at radius 2 is 2.05 bits per heavy atom. The molecule has 0 aromatic rings. The first-order valence-corrected chi connectivity index (χ1v) is 6.23. The Kier molecular flexibility index (Phi) is 4.21. The molecule has 0 aromatic heterocycles. The minimum atomic E-state index is -2.61. The summed E-state index contributed by atoms with van der Waals surface area (Å²) in [5.74, 6) is -3.32. The van der Waals surface area contributed by atoms with E-state index in [4.69, 9.17) is 4.74 Å². The third-order valence-corrected chi connectivity index (χ3v) is 3.69. The van der Waals surface area contributed by atoms with E-state index in [9.17, 15) is 30.3 Å². The molecule has 2 aliphatic rings. The van der Waals surface area contributed by atoms with Crippen molar-refractivity contribution in [3.63, 3.8) is 0 Å². The van der Waals surface area contributed by atoms with Gasteiger partial charge < -0.3 is 35.6 Å². The van der Waals surface area contributed by atoms with E-state index in [1.54, 1.807) is 0 Å². The number of ketones is 1. The minimum Gasteiger partial charge on any atom is -0.388 e. The van der Waals surface area contributed by atoms with Crippen LogP contribution in [0.25, 0.3) is 0 Å². The number of aliphatic hydroxyl groups is 5. The maximum Gasteiger partial charge on any atom is 0.229 e. The highest BCUT2D eigenvalue weighted by Crippen LogP contribution is 2.28. The summed E-state index contributed by atoms with van der Waals surface area (Å²) in [5.41, 5.74) is 0. The maximum atomic E-state index is 12.0. The second kappa shape index (κ2) is 5.41. The summed E-state index contributed by atoms with van der Waals surface area (Å²) >= 11 is 0. The van der Waals surface area contributed by atoms with Crippen molar-refractivity contribution < 1.29 is 35.1 Å². The number of hydrogen-bond acceptors (Lipinski definition) is 8. The van der Waals surface area contributed by atoms with Gasteiger partial charge in [0.2, 0.25) is 5.79 Å². The van der Waals surface area contributed by atoms with E-state index in [0.717, 1.165) is 6.42 Å². The standard InChI is InChI=1S/C11H19NO7/c13-6-4-19-11(18,10(17)8(6)15)9(16)7(14)5-2-1-3-12-5/h5-6,8-10,12-13,15-18H,1-4H2/t5-,6+,8+,9?,10-,11?/m0/s1. The topological polar surface area (TPSA) is 139 Å². The van der Waals surface area contributed by atoms with Crippen LogP contribution < -0.4 is 5.32 Å². The van der Waals surface area contributed by atoms with E-state index in [1.807, 2.05) is 0 Å². The van der Waals surface area contributed by atoms with Gasteiger partial charge in [-0.05, 0) is 19.4 Å². The SMILES string of the molecule is O=C(C(O)C1(O)OC[C@@H](O)[C@@H](O)[C@@H]1O)[C@@H]1CCCN1. The highest BCUT2D eigenvalue weighted by molar-refractivity contribution is 5.89. The molecule has 2 unspecified atom stereocenters. The molecule has 19 heavy (non-hydrogen) atoms. The molecule has 2 fully saturated rings. The highest BCUT2D eigenvalue weighted by Gasteiger charge is 2.56. The summed E-state index contributed by atoms with van der Waals surface area (Å²) in [5, 5.41) is 51.4. The lowest BCUT2D eigenvalue weighted by atomic mass is 9.89. The molecule has 8 heteroatoms. The number of nitrogens with one attached hydrogen (secondary N) is 1. The van der Waals surface area contributed by atoms with Gasteiger partial charge in [-0.2, -0.15) is 0 Å². The van der Waals surface area contributed by atoms with Crippen molar-refractivity contribution in [3.05, 3.63) is 0 Å². The summed E-state index contributed by atoms with van der Waals surface area (Å²) in [4.78, 5) is 12.0. The lowest BCUT2D eigenvalue weighted by Crippen LogP contribution is -2.68. The van der Waals surface area contributed by atoms with Gasteiger partial charge in [0.05, 0.1) is 12.6 Å². The van der Waals surface area contributed by atoms with E-state index < -0.39 is 48.6 Å². The Balaban J connectivity index is 2.11. The molecule has 0 spiro atoms. The van der Waals surface area contributed by atoms with E-state index in [1.165, 1.54) is 0 Å². The summed E-state index contributed by atoms with van der Waals surface area (Å²) in [6, 6.07) is -0.612. The molecule has 8 nitrogen and oxygen atoms in total. The summed E-state index contributed by atoms with van der Waals surface area (Å²) in [6.45, 7) is 0.142. The molecule has 0 saturated carbocycles. The Hall–Kier alpha value is -0.610. The Morgan fingerprint density at radius 3 is 2.63 bits per heavy atom. The molecule has 2 rings (SSSR count). The van der Waals surface area contributed by atoms with Gasteiger partial charge in [-0.15, -0.1) is 0 Å². The van der Waals surface area contributed by atoms with Gasteiger partial charge in [-0.1, -0.05) is 0 Å². The molecule has 6 N–H and O–H groups in total. The van der Waals surface area contributed by atoms with Crippen LogP contribution in [0.15, 0.2) is 0 Å². The van der Waals surface area contributed by atoms with Crippen molar-refractivity contribution in [2.75, 3.05) is 13.2 Å². The molecule has 2 saturated heterocycles. The van der Waals surface area contributed by atoms with Gasteiger partial charge >= 0.3 is 0 Å². The quantitative estimate of drug-likeness (QED) is 0.312. The zero-order valence-electron chi connectivity index (χ0n) is 10.3. The summed E-state index contributed by atoms with van der Waals surface area (Å²) < 4.78 is 4.80. The maximum absolute atomic E-state index is 12.0. The normalized spacial score (nSPS) is 45.1. The summed E-state index contributed by atoms with van der Waals surface area (Å²) in [6.07, 6.45) is -5.77. The fourth-order valence-electron chi connectivity index (χ4n) is 2.42. The molecule has 0 amide bonds. The summed E-state index contributed by atoms with van der Waals surface area (Å²) in [7, 11) is 0. The average molecular weight is 277 g/mol. The van der Waals surface area contributed by atoms with Crippen LogP contribution in [0.2, 0.25) is 0 Å². The molecular formula is C11H19NO7. The van der Waals surface area contributed by atoms with Crippen LogP contribution in [-0.4, -0.2) is 80.7 Å². The first-order chi connectivity index (χ1) is 8.88. The third kappa shape index (κ3) is 2.52. The first-order valence-electron chi connectivity index (χ1n) is 6.23. The predicted molar refractivity (Wildman–Crippen MR) is 61.0 cm³/mol. The van der Waals surface area contributed by atoms with Crippen molar-refractivity contribution in [1.82, 2.24) is 5.32 Å². The highest BCUT2D eigenvalue weighted by atomic mass is 16.7. The van der Waals surface area contributed by atoms with Crippen LogP contribution >= 0.6 is 0 Å². The molecule has 110 valence electrons. The fraction of sp³-hybridized carbons (Fsp3) is 0.909. The average Bonchev–Trinajstić information content (AvgIpc) is 2.93. The Labute approximate surface area is 109 Å². The fourth-order valence-corrected chi connectivity index (χ4v) is 2.42. The van der Waals surface area contributed by atoms with Crippen LogP contribution in [0, 0.1) is 0 Å². The zero-order valence-corrected chi connectivity index (χ0v) is 10.3. The number of aliphatic hydroxyl groups excluding tert-OH is 4. The molecule has 0 radical (unpaired) electrons. The number of carbonyl (C=O) groups is 1. The molecular weight excluding hydrogens is 258 g/mol. The molecule has 2 aliphatic heterocycles. The van der Waals surface area contributed by atoms with Crippen molar-refractivity contribution >= 4 is 5.78 Å². The van der Waals surface area contributed by atoms with Gasteiger partial charge in [0.25, 0.3) is 0 Å². The lowest BCUT2D eigenvalue weighted by Gasteiger charge is -2.43. The van der Waals surface area contributed by atoms with Crippen LogP contribution in [0.1, 0.15) is 12.8 Å². The predicted octanol–water partition coefficient (Wildman–Crippen LogP) is -3.53. The Morgan fingerprint density at radius 1 is 1.37 bits per heavy atom. The lowest BCUT2D eigenvalue weighted by molar-refractivity contribution is -0.345. The van der Waals surface area contributed by atoms with Gasteiger partial charge in [0.15, 0.2) is 11.9 Å².